The van der Waals surface area contributed by atoms with Crippen LogP contribution < -0.4 is 9.64 Å². The summed E-state index contributed by atoms with van der Waals surface area (Å²) >= 11 is 8.99. The molecule has 5 rings (SSSR count). The summed E-state index contributed by atoms with van der Waals surface area (Å²) < 4.78 is 11.6. The van der Waals surface area contributed by atoms with E-state index in [1.54, 1.807) is 24.1 Å². The normalized spacial score (nSPS) is 18.3. The fourth-order valence-corrected chi connectivity index (χ4v) is 7.71. The Kier molecular flexibility index (Phi) is 7.22. The molecule has 2 heterocycles. The van der Waals surface area contributed by atoms with Gasteiger partial charge in [-0.25, -0.2) is 4.79 Å². The highest BCUT2D eigenvalue weighted by Crippen LogP contribution is 2.58. The van der Waals surface area contributed by atoms with Crippen molar-refractivity contribution in [3.05, 3.63) is 105 Å². The van der Waals surface area contributed by atoms with Gasteiger partial charge in [-0.15, -0.1) is 0 Å². The van der Waals surface area contributed by atoms with E-state index in [9.17, 15) is 9.59 Å². The monoisotopic (exact) mass is 559 g/mol. The largest absolute Gasteiger partial charge is 0.497 e. The Hall–Kier alpha value is -3.33. The van der Waals surface area contributed by atoms with E-state index >= 15 is 0 Å². The van der Waals surface area contributed by atoms with Crippen molar-refractivity contribution in [2.45, 2.75) is 19.4 Å². The van der Waals surface area contributed by atoms with E-state index in [0.717, 1.165) is 31.5 Å². The number of thiocarbonyl (C=S) groups is 1. The first-order chi connectivity index (χ1) is 18.3. The van der Waals surface area contributed by atoms with Gasteiger partial charge in [-0.05, 0) is 49.7 Å². The van der Waals surface area contributed by atoms with Crippen molar-refractivity contribution < 1.29 is 19.1 Å². The van der Waals surface area contributed by atoms with Gasteiger partial charge in [0.15, 0.2) is 0 Å². The number of nitrogens with zero attached hydrogens (tertiary/aromatic N) is 1. The van der Waals surface area contributed by atoms with Crippen LogP contribution in [0.3, 0.4) is 0 Å². The van der Waals surface area contributed by atoms with E-state index in [1.165, 1.54) is 30.6 Å². The topological polar surface area (TPSA) is 55.8 Å². The van der Waals surface area contributed by atoms with Crippen molar-refractivity contribution in [3.63, 3.8) is 0 Å². The van der Waals surface area contributed by atoms with Crippen LogP contribution in [0.2, 0.25) is 0 Å². The SMILES string of the molecule is COC(=O)C1=C(c2ccccc2)SC(=C2C(=S)C(C)(C)N(C(=O)c3ccccc3)c3ccc(OC)cc32)S1. The van der Waals surface area contributed by atoms with Crippen molar-refractivity contribution in [1.82, 2.24) is 0 Å². The van der Waals surface area contributed by atoms with Crippen molar-refractivity contribution in [2.75, 3.05) is 19.1 Å². The van der Waals surface area contributed by atoms with E-state index in [0.29, 0.717) is 21.1 Å². The lowest BCUT2D eigenvalue weighted by Crippen LogP contribution is -2.55. The first kappa shape index (κ1) is 26.3. The molecule has 0 N–H and O–H groups in total. The number of anilines is 1. The van der Waals surface area contributed by atoms with Crippen LogP contribution in [-0.4, -0.2) is 36.5 Å². The predicted octanol–water partition coefficient (Wildman–Crippen LogP) is 7.19. The van der Waals surface area contributed by atoms with Crippen LogP contribution in [0.15, 0.2) is 88.0 Å². The lowest BCUT2D eigenvalue weighted by atomic mass is 9.82. The van der Waals surface area contributed by atoms with Crippen LogP contribution in [-0.2, 0) is 9.53 Å². The lowest BCUT2D eigenvalue weighted by Gasteiger charge is -2.45. The average Bonchev–Trinajstić information content (AvgIpc) is 3.38. The summed E-state index contributed by atoms with van der Waals surface area (Å²) in [6, 6.07) is 24.6. The molecule has 0 unspecified atom stereocenters. The number of carbonyl (C=O) groups is 2. The third-order valence-electron chi connectivity index (χ3n) is 6.49. The number of amides is 1. The van der Waals surface area contributed by atoms with E-state index in [2.05, 4.69) is 0 Å². The summed E-state index contributed by atoms with van der Waals surface area (Å²) in [5.74, 6) is 0.108. The molecular weight excluding hydrogens is 535 g/mol. The zero-order chi connectivity index (χ0) is 27.0. The van der Waals surface area contributed by atoms with E-state index in [4.69, 9.17) is 21.7 Å². The summed E-state index contributed by atoms with van der Waals surface area (Å²) in [6.07, 6.45) is 0. The molecular formula is C30H25NO4S3. The van der Waals surface area contributed by atoms with Gasteiger partial charge in [-0.2, -0.15) is 0 Å². The first-order valence-corrected chi connectivity index (χ1v) is 13.9. The summed E-state index contributed by atoms with van der Waals surface area (Å²) in [4.78, 5) is 30.4. The fourth-order valence-electron chi connectivity index (χ4n) is 4.55. The van der Waals surface area contributed by atoms with Gasteiger partial charge in [0.2, 0.25) is 0 Å². The molecule has 0 bridgehead atoms. The number of hydrogen-bond donors (Lipinski definition) is 0. The molecule has 2 aliphatic rings. The number of ether oxygens (including phenoxy) is 2. The van der Waals surface area contributed by atoms with Gasteiger partial charge >= 0.3 is 5.97 Å². The molecule has 0 saturated heterocycles. The van der Waals surface area contributed by atoms with Crippen LogP contribution in [0.25, 0.3) is 10.5 Å². The molecule has 3 aromatic carbocycles. The molecule has 1 amide bonds. The fraction of sp³-hybridized carbons (Fsp3) is 0.167. The van der Waals surface area contributed by atoms with E-state index < -0.39 is 11.5 Å². The molecule has 0 saturated carbocycles. The predicted molar refractivity (Wildman–Crippen MR) is 160 cm³/mol. The first-order valence-electron chi connectivity index (χ1n) is 11.9. The molecule has 192 valence electrons. The quantitative estimate of drug-likeness (QED) is 0.190. The zero-order valence-electron chi connectivity index (χ0n) is 21.3. The average molecular weight is 560 g/mol. The Bertz CT molecular complexity index is 1510. The second kappa shape index (κ2) is 10.4. The van der Waals surface area contributed by atoms with Crippen molar-refractivity contribution in [2.24, 2.45) is 0 Å². The molecule has 5 nitrogen and oxygen atoms in total. The number of carbonyl (C=O) groups excluding carboxylic acids is 2. The zero-order valence-corrected chi connectivity index (χ0v) is 23.8. The minimum atomic E-state index is -0.825. The maximum Gasteiger partial charge on any atom is 0.345 e. The standard InChI is InChI=1S/C30H25NO4S3/c1-30(2)26(36)23(29-37-24(18-11-7-5-8-12-18)25(38-29)28(33)35-4)21-17-20(34-3)15-16-22(21)31(30)27(32)19-13-9-6-10-14-19/h5-17H,1-4H3. The van der Waals surface area contributed by atoms with E-state index in [1.807, 2.05) is 80.6 Å². The third-order valence-corrected chi connectivity index (χ3v) is 9.82. The van der Waals surface area contributed by atoms with E-state index in [-0.39, 0.29) is 5.91 Å². The summed E-state index contributed by atoms with van der Waals surface area (Å²) in [7, 11) is 2.99. The second-order valence-electron chi connectivity index (χ2n) is 9.16. The summed E-state index contributed by atoms with van der Waals surface area (Å²) in [6.45, 7) is 3.92. The highest BCUT2D eigenvalue weighted by atomic mass is 32.2. The number of fused-ring (bicyclic) bond motifs is 1. The van der Waals surface area contributed by atoms with Gasteiger partial charge in [0.1, 0.15) is 10.7 Å². The molecule has 0 aromatic heterocycles. The molecule has 0 fully saturated rings. The van der Waals surface area contributed by atoms with Crippen LogP contribution in [0.1, 0.15) is 35.3 Å². The van der Waals surface area contributed by atoms with Crippen molar-refractivity contribution >= 4 is 68.6 Å². The minimum absolute atomic E-state index is 0.140. The van der Waals surface area contributed by atoms with Gasteiger partial charge in [-0.1, -0.05) is 84.3 Å². The highest BCUT2D eigenvalue weighted by molar-refractivity contribution is 8.32. The van der Waals surface area contributed by atoms with Gasteiger partial charge in [-0.3, -0.25) is 9.69 Å². The second-order valence-corrected chi connectivity index (χ2v) is 11.9. The summed E-state index contributed by atoms with van der Waals surface area (Å²) in [5.41, 5.74) is 3.01. The molecule has 0 radical (unpaired) electrons. The van der Waals surface area contributed by atoms with Crippen molar-refractivity contribution in [3.8, 4) is 5.75 Å². The summed E-state index contributed by atoms with van der Waals surface area (Å²) in [5, 5.41) is 0. The Morgan fingerprint density at radius 2 is 1.55 bits per heavy atom. The minimum Gasteiger partial charge on any atom is -0.497 e. The Labute approximate surface area is 235 Å². The lowest BCUT2D eigenvalue weighted by molar-refractivity contribution is -0.135. The number of methoxy groups -OCH3 is 2. The molecule has 0 aliphatic carbocycles. The maximum atomic E-state index is 13.9. The van der Waals surface area contributed by atoms with Gasteiger partial charge in [0.25, 0.3) is 5.91 Å². The molecule has 0 spiro atoms. The third kappa shape index (κ3) is 4.46. The number of rotatable bonds is 4. The molecule has 0 atom stereocenters. The molecule has 8 heteroatoms. The maximum absolute atomic E-state index is 13.9. The Balaban J connectivity index is 1.71. The molecule has 2 aliphatic heterocycles. The number of esters is 1. The van der Waals surface area contributed by atoms with Gasteiger partial charge in [0.05, 0.1) is 34.5 Å². The van der Waals surface area contributed by atoms with Crippen molar-refractivity contribution in [1.29, 1.82) is 0 Å². The van der Waals surface area contributed by atoms with Crippen LogP contribution in [0.5, 0.6) is 5.75 Å². The van der Waals surface area contributed by atoms with Crippen LogP contribution in [0.4, 0.5) is 5.69 Å². The number of hydrogen-bond acceptors (Lipinski definition) is 7. The Morgan fingerprint density at radius 3 is 2.18 bits per heavy atom. The number of thioether (sulfide) groups is 2. The number of benzene rings is 3. The molecule has 38 heavy (non-hydrogen) atoms. The van der Waals surface area contributed by atoms with Crippen LogP contribution in [0, 0.1) is 0 Å². The van der Waals surface area contributed by atoms with Gasteiger partial charge in [0, 0.05) is 21.6 Å². The van der Waals surface area contributed by atoms with Gasteiger partial charge < -0.3 is 9.47 Å². The van der Waals surface area contributed by atoms with Crippen LogP contribution >= 0.6 is 35.7 Å². The Morgan fingerprint density at radius 1 is 0.895 bits per heavy atom. The molecule has 3 aromatic rings. The highest BCUT2D eigenvalue weighted by Gasteiger charge is 2.46. The smallest absolute Gasteiger partial charge is 0.345 e.